The Balaban J connectivity index is 0.0000350. The summed E-state index contributed by atoms with van der Waals surface area (Å²) in [5.74, 6) is -20.4. The van der Waals surface area contributed by atoms with Crippen LogP contribution in [0, 0.1) is 10.8 Å². The number of phenolic OH excluding ortho intramolecular Hbond substituents is 2. The molecule has 141 heavy (non-hydrogen) atoms. The summed E-state index contributed by atoms with van der Waals surface area (Å²) in [6.07, 6.45) is -3.26. The van der Waals surface area contributed by atoms with E-state index in [0.717, 1.165) is 5.56 Å². The summed E-state index contributed by atoms with van der Waals surface area (Å²) in [5.41, 5.74) is 13.0. The van der Waals surface area contributed by atoms with Crippen LogP contribution in [-0.2, 0) is 120 Å². The molecule has 6 rings (SSSR count). The number of carbonyl (C=O) groups excluding carboxylic acids is 16. The number of ether oxygens (including phenoxy) is 3. The molecule has 54 heteroatoms. The number of guanidine groups is 2. The van der Waals surface area contributed by atoms with E-state index in [-0.39, 0.29) is 218 Å². The maximum absolute atomic E-state index is 14.5. The second-order valence-corrected chi connectivity index (χ2v) is 33.5. The van der Waals surface area contributed by atoms with Crippen molar-refractivity contribution in [3.63, 3.8) is 0 Å². The van der Waals surface area contributed by atoms with Crippen molar-refractivity contribution in [1.82, 2.24) is 99.8 Å². The fourth-order valence-electron chi connectivity index (χ4n) is 14.7. The van der Waals surface area contributed by atoms with Crippen molar-refractivity contribution in [2.45, 2.75) is 170 Å². The molecular formula is C87H125GaN24O28S. The number of nitrogens with one attached hydrogen (secondary N) is 19. The summed E-state index contributed by atoms with van der Waals surface area (Å²) in [5, 5.41) is 134. The maximum atomic E-state index is 14.5. The number of benzene rings is 3. The molecular weight excluding hydrogens is 1930 g/mol. The number of carbonyl (C=O) groups is 18. The molecule has 0 spiro atoms. The minimum Gasteiger partial charge on any atom is -0.549 e. The Kier molecular flexibility index (Phi) is 53.3. The first-order valence-electron chi connectivity index (χ1n) is 45.4. The normalized spacial score (nSPS) is 19.9. The second kappa shape index (κ2) is 63.8. The van der Waals surface area contributed by atoms with Gasteiger partial charge in [-0.3, -0.25) is 97.4 Å². The second-order valence-electron chi connectivity index (χ2n) is 33.0. The number of carboxylic acid groups (broad SMARTS) is 5. The summed E-state index contributed by atoms with van der Waals surface area (Å²) in [4.78, 5) is 245. The van der Waals surface area contributed by atoms with E-state index in [0.29, 0.717) is 23.2 Å². The first kappa shape index (κ1) is 118. The number of nitrogens with zero attached hydrogens (tertiary/aromatic N) is 3. The largest absolute Gasteiger partial charge is 3.00 e. The third-order valence-corrected chi connectivity index (χ3v) is 22.1. The molecule has 13 amide bonds. The number of nitrogens with two attached hydrogens (primary N) is 2. The fraction of sp³-hybridized carbons (Fsp3) is 0.552. The minimum atomic E-state index is -1.79. The van der Waals surface area contributed by atoms with Crippen molar-refractivity contribution in [1.29, 1.82) is 10.8 Å². The van der Waals surface area contributed by atoms with E-state index < -0.39 is 238 Å². The summed E-state index contributed by atoms with van der Waals surface area (Å²) in [6, 6.07) is 3.47. The van der Waals surface area contributed by atoms with Gasteiger partial charge < -0.3 is 166 Å². The van der Waals surface area contributed by atoms with E-state index in [9.17, 15) is 122 Å². The quantitative estimate of drug-likeness (QED) is 0.00820. The zero-order valence-corrected chi connectivity index (χ0v) is 80.9. The summed E-state index contributed by atoms with van der Waals surface area (Å²) in [6.45, 7) is -2.48. The van der Waals surface area contributed by atoms with Crippen LogP contribution in [-0.4, -0.2) is 377 Å². The van der Waals surface area contributed by atoms with E-state index in [1.54, 1.807) is 39.0 Å². The maximum Gasteiger partial charge on any atom is 3.00 e. The van der Waals surface area contributed by atoms with Gasteiger partial charge in [-0.25, -0.2) is 0 Å². The van der Waals surface area contributed by atoms with Gasteiger partial charge >= 0.3 is 31.7 Å². The zero-order chi connectivity index (χ0) is 103. The molecule has 0 bridgehead atoms. The smallest absolute Gasteiger partial charge is 0.549 e. The Morgan fingerprint density at radius 1 is 0.440 bits per heavy atom. The fourth-order valence-corrected chi connectivity index (χ4v) is 15.0. The van der Waals surface area contributed by atoms with Crippen molar-refractivity contribution in [2.75, 3.05) is 143 Å². The van der Waals surface area contributed by atoms with E-state index in [4.69, 9.17) is 48.7 Å². The van der Waals surface area contributed by atoms with Crippen molar-refractivity contribution in [3.05, 3.63) is 89.5 Å². The average Bonchev–Trinajstić information content (AvgIpc) is 1.65. The predicted molar refractivity (Wildman–Crippen MR) is 499 cm³/mol. The summed E-state index contributed by atoms with van der Waals surface area (Å²) < 4.78 is 16.9. The number of thiocarbonyl (C=S) groups is 1. The number of unbranched alkanes of at least 4 members (excludes halogenated alkanes) is 2. The molecule has 3 heterocycles. The van der Waals surface area contributed by atoms with Gasteiger partial charge in [0.05, 0.1) is 76.9 Å². The third kappa shape index (κ3) is 48.2. The minimum absolute atomic E-state index is 0. The Labute approximate surface area is 829 Å². The number of carboxylic acids is 5. The van der Waals surface area contributed by atoms with Crippen molar-refractivity contribution in [2.24, 2.45) is 11.5 Å². The molecule has 3 fully saturated rings. The van der Waals surface area contributed by atoms with Gasteiger partial charge in [0.2, 0.25) is 76.8 Å². The molecule has 0 radical (unpaired) electrons. The molecule has 3 aromatic rings. The van der Waals surface area contributed by atoms with Crippen LogP contribution in [0.3, 0.4) is 0 Å². The third-order valence-electron chi connectivity index (χ3n) is 21.9. The van der Waals surface area contributed by atoms with Crippen LogP contribution in [0.1, 0.15) is 107 Å². The molecule has 770 valence electrons. The van der Waals surface area contributed by atoms with Gasteiger partial charge in [-0.2, -0.15) is 0 Å². The van der Waals surface area contributed by atoms with E-state index >= 15 is 0 Å². The van der Waals surface area contributed by atoms with Crippen LogP contribution in [0.25, 0.3) is 0 Å². The topological polar surface area (TPSA) is 799 Å². The molecule has 3 aliphatic heterocycles. The van der Waals surface area contributed by atoms with Crippen molar-refractivity contribution >= 4 is 161 Å². The molecule has 0 aromatic heterocycles. The molecule has 3 aliphatic rings. The van der Waals surface area contributed by atoms with Crippen LogP contribution < -0.4 is 117 Å². The van der Waals surface area contributed by atoms with Crippen molar-refractivity contribution < 1.29 is 136 Å². The molecule has 1 unspecified atom stereocenters. The Morgan fingerprint density at radius 2 is 0.830 bits per heavy atom. The number of amides is 13. The van der Waals surface area contributed by atoms with Gasteiger partial charge in [-0.1, -0.05) is 36.4 Å². The average molecular weight is 2060 g/mol. The molecule has 10 atom stereocenters. The van der Waals surface area contributed by atoms with Gasteiger partial charge in [-0.15, -0.1) is 0 Å². The van der Waals surface area contributed by atoms with Crippen molar-refractivity contribution in [3.8, 4) is 11.5 Å². The van der Waals surface area contributed by atoms with E-state index in [2.05, 4.69) is 90.4 Å². The number of hydrogen-bond donors (Lipinski definition) is 25. The van der Waals surface area contributed by atoms with Gasteiger partial charge in [-0.05, 0) is 142 Å². The Hall–Kier alpha value is -13.7. The van der Waals surface area contributed by atoms with Gasteiger partial charge in [0.1, 0.15) is 72.5 Å². The number of aromatic hydroxyl groups is 2. The number of hydrogen-bond acceptors (Lipinski definition) is 32. The molecule has 27 N–H and O–H groups in total. The molecule has 0 saturated carbocycles. The summed E-state index contributed by atoms with van der Waals surface area (Å²) >= 11 is 5.48. The SMILES string of the molecule is N=C(N)NCCC[C@@H]1NC(=O)[C@H](CCCCNC(=O)[C@H](CCC(=O)NCCCC[C@@H]2NC(=O)[C@@H](Cc3ccc(O)cc3)NC(=O)[C@H](CC(=O)O)NC(=O)CNC(=O)[C@H](CCCNC(=N)N)NC2=O)NC(=O)COCCOCCOCCNC(=S)Nc2ccc(CC3CN(CC(=O)[O-])CCN(CC(=O)[O-])CCN3CC(=O)[O-])cc2)NC(=O)[C@H](Cc2ccc(O)cc2)NC(=O)[C@@H](CC(=O)O)NC(=O)CNC1=O.[68Ga+3]. The number of rotatable bonds is 51. The van der Waals surface area contributed by atoms with Gasteiger partial charge in [0.15, 0.2) is 17.0 Å². The van der Waals surface area contributed by atoms with Crippen LogP contribution in [0.4, 0.5) is 5.69 Å². The first-order valence-corrected chi connectivity index (χ1v) is 45.8. The van der Waals surface area contributed by atoms with Crippen LogP contribution >= 0.6 is 12.2 Å². The van der Waals surface area contributed by atoms with E-state index in [1.165, 1.54) is 48.5 Å². The number of aliphatic carboxylic acids is 5. The van der Waals surface area contributed by atoms with Gasteiger partial charge in [0, 0.05) is 116 Å². The predicted octanol–water partition coefficient (Wildman–Crippen LogP) is -11.9. The number of anilines is 1. The molecule has 3 saturated heterocycles. The summed E-state index contributed by atoms with van der Waals surface area (Å²) in [7, 11) is 0. The number of phenols is 2. The van der Waals surface area contributed by atoms with Crippen LogP contribution in [0.15, 0.2) is 72.8 Å². The van der Waals surface area contributed by atoms with E-state index in [1.807, 2.05) is 0 Å². The Bertz CT molecular complexity index is 4730. The molecule has 3 aromatic carbocycles. The zero-order valence-electron chi connectivity index (χ0n) is 77.6. The van der Waals surface area contributed by atoms with Gasteiger partial charge in [0.25, 0.3) is 0 Å². The van der Waals surface area contributed by atoms with Crippen LogP contribution in [0.2, 0.25) is 0 Å². The first-order chi connectivity index (χ1) is 66.7. The standard InChI is InChI=1S/C87H128N24O28S.Ga/c88-85(89)94-27-5-9-58-77(129)97-44-68(115)101-65(42-71(118)119)83(135)107-63(40-52-13-19-56(112)20-14-52)81(133)105-60(79(131)103-58)7-1-3-25-92-67(114)24-23-62(100-70(117)50-139-38-37-138-36-35-137-34-29-96-87(140)99-54-17-11-51(12-18-54)39-55-46-110(48-74(124)125)31-30-109(47-73(122)123)32-33-111(55)49-75(126)127)76(128)93-26-4-2-8-61-80(132)104-59(10-6-28-95-86(90)91)78(130)98-45-69(116)102-66(43-72(120)121)84(136)108-64(82(134)106-61)41-53-15-21-57(113)22-16-53;/h11-22,55,58-66,112-113H,1-10,23-50H2,(H,92,114)(H,93,128)(H,97,129)(H,98,130)(H,100,117)(H,101,115)(H,102,116)(H,103,131)(H,104,132)(H,105,133)(H,106,134)(H,107,135)(H,108,136)(H,118,119)(H,120,121)(H,122,123)(H,124,125)(H,126,127)(H4,88,89,94)(H4,90,91,95)(H2,96,99,140);/q;+3/p-3/t55?,58-,59-,60-,61-,62-,63+,64-,65-,66+;/m0./s1/i;1-2. The molecule has 52 nitrogen and oxygen atoms in total. The molecule has 0 aliphatic carbocycles. The van der Waals surface area contributed by atoms with Crippen LogP contribution in [0.5, 0.6) is 11.5 Å². The monoisotopic (exact) mass is 2050 g/mol. The Morgan fingerprint density at radius 3 is 1.30 bits per heavy atom.